The van der Waals surface area contributed by atoms with Crippen LogP contribution in [0.3, 0.4) is 0 Å². The van der Waals surface area contributed by atoms with Crippen molar-refractivity contribution in [2.45, 2.75) is 46.1 Å². The summed E-state index contributed by atoms with van der Waals surface area (Å²) >= 11 is 0. The third-order valence-electron chi connectivity index (χ3n) is 2.21. The van der Waals surface area contributed by atoms with Crippen LogP contribution in [0.5, 0.6) is 0 Å². The number of rotatable bonds is 6. The van der Waals surface area contributed by atoms with E-state index in [0.717, 1.165) is 5.82 Å². The van der Waals surface area contributed by atoms with Gasteiger partial charge in [-0.15, -0.1) is 0 Å². The molecule has 3 N–H and O–H groups in total. The fourth-order valence-electron chi connectivity index (χ4n) is 1.56. The highest BCUT2D eigenvalue weighted by Crippen LogP contribution is 2.15. The van der Waals surface area contributed by atoms with Gasteiger partial charge in [0.15, 0.2) is 0 Å². The molecule has 0 amide bonds. The number of nitrogens with zero attached hydrogens (tertiary/aromatic N) is 2. The Balaban J connectivity index is 2.61. The molecule has 0 spiro atoms. The smallest absolute Gasteiger partial charge is 0.303 e. The molecule has 0 aliphatic carbocycles. The van der Waals surface area contributed by atoms with Crippen molar-refractivity contribution in [2.75, 3.05) is 17.2 Å². The van der Waals surface area contributed by atoms with Crippen molar-refractivity contribution < 1.29 is 9.90 Å². The Bertz CT molecular complexity index is 441. The summed E-state index contributed by atoms with van der Waals surface area (Å²) in [5.74, 6) is 1.37. The van der Waals surface area contributed by atoms with Gasteiger partial charge in [0.1, 0.15) is 17.5 Å². The minimum absolute atomic E-state index is 0.0681. The average Bonchev–Trinajstić information content (AvgIpc) is 2.20. The molecule has 1 rings (SSSR count). The van der Waals surface area contributed by atoms with Gasteiger partial charge < -0.3 is 15.7 Å². The Kier molecular flexibility index (Phi) is 5.09. The average molecular weight is 266 g/mol. The van der Waals surface area contributed by atoms with Crippen molar-refractivity contribution in [3.8, 4) is 0 Å². The lowest BCUT2D eigenvalue weighted by molar-refractivity contribution is -0.137. The van der Waals surface area contributed by atoms with Crippen LogP contribution in [-0.4, -0.2) is 33.1 Å². The minimum atomic E-state index is -0.782. The first-order valence-electron chi connectivity index (χ1n) is 6.36. The van der Waals surface area contributed by atoms with E-state index in [0.29, 0.717) is 24.6 Å². The molecule has 0 fully saturated rings. The van der Waals surface area contributed by atoms with Gasteiger partial charge in [-0.2, -0.15) is 0 Å². The molecule has 0 aliphatic heterocycles. The van der Waals surface area contributed by atoms with E-state index >= 15 is 0 Å². The molecular weight excluding hydrogens is 244 g/mol. The molecule has 0 bridgehead atoms. The number of aliphatic carboxylic acids is 1. The van der Waals surface area contributed by atoms with Gasteiger partial charge in [0.2, 0.25) is 0 Å². The van der Waals surface area contributed by atoms with Gasteiger partial charge in [-0.05, 0) is 34.1 Å². The van der Waals surface area contributed by atoms with E-state index < -0.39 is 5.97 Å². The standard InChI is InChI=1S/C13H22N4O2/c1-9-15-10(14-7-5-6-12(18)19)8-11(16-9)17-13(2,3)4/h8H,5-7H2,1-4H3,(H,18,19)(H2,14,15,16,17). The minimum Gasteiger partial charge on any atom is -0.481 e. The van der Waals surface area contributed by atoms with Crippen molar-refractivity contribution in [1.29, 1.82) is 0 Å². The van der Waals surface area contributed by atoms with Gasteiger partial charge in [-0.1, -0.05) is 0 Å². The van der Waals surface area contributed by atoms with Gasteiger partial charge in [-0.3, -0.25) is 4.79 Å². The summed E-state index contributed by atoms with van der Waals surface area (Å²) in [6, 6.07) is 1.83. The maximum atomic E-state index is 10.4. The SMILES string of the molecule is Cc1nc(NCCCC(=O)O)cc(NC(C)(C)C)n1. The number of anilines is 2. The Labute approximate surface area is 113 Å². The highest BCUT2D eigenvalue weighted by Gasteiger charge is 2.11. The van der Waals surface area contributed by atoms with Crippen LogP contribution in [0.4, 0.5) is 11.6 Å². The van der Waals surface area contributed by atoms with Crippen LogP contribution in [0, 0.1) is 6.92 Å². The topological polar surface area (TPSA) is 87.1 Å². The predicted octanol–water partition coefficient (Wildman–Crippen LogP) is 2.27. The Morgan fingerprint density at radius 2 is 1.95 bits per heavy atom. The lowest BCUT2D eigenvalue weighted by atomic mass is 10.1. The number of hydrogen-bond donors (Lipinski definition) is 3. The second-order valence-corrected chi connectivity index (χ2v) is 5.48. The Morgan fingerprint density at radius 1 is 1.32 bits per heavy atom. The second-order valence-electron chi connectivity index (χ2n) is 5.48. The largest absolute Gasteiger partial charge is 0.481 e. The fraction of sp³-hybridized carbons (Fsp3) is 0.615. The molecule has 0 radical (unpaired) electrons. The van der Waals surface area contributed by atoms with Gasteiger partial charge in [0.25, 0.3) is 0 Å². The number of hydrogen-bond acceptors (Lipinski definition) is 5. The van der Waals surface area contributed by atoms with E-state index in [-0.39, 0.29) is 12.0 Å². The monoisotopic (exact) mass is 266 g/mol. The van der Waals surface area contributed by atoms with E-state index in [2.05, 4.69) is 41.4 Å². The molecule has 19 heavy (non-hydrogen) atoms. The first-order valence-corrected chi connectivity index (χ1v) is 6.36. The summed E-state index contributed by atoms with van der Waals surface area (Å²) in [7, 11) is 0. The van der Waals surface area contributed by atoms with E-state index in [1.54, 1.807) is 0 Å². The molecule has 0 saturated heterocycles. The third-order valence-corrected chi connectivity index (χ3v) is 2.21. The third kappa shape index (κ3) is 6.59. The molecule has 6 nitrogen and oxygen atoms in total. The van der Waals surface area contributed by atoms with E-state index in [9.17, 15) is 4.79 Å². The Morgan fingerprint density at radius 3 is 2.53 bits per heavy atom. The van der Waals surface area contributed by atoms with Gasteiger partial charge in [0.05, 0.1) is 0 Å². The number of carboxylic acids is 1. The number of aromatic nitrogens is 2. The first kappa shape index (κ1) is 15.2. The molecule has 1 heterocycles. The van der Waals surface area contributed by atoms with Crippen LogP contribution in [0.25, 0.3) is 0 Å². The van der Waals surface area contributed by atoms with Crippen molar-refractivity contribution >= 4 is 17.6 Å². The molecule has 0 atom stereocenters. The normalized spacial score (nSPS) is 11.2. The molecular formula is C13H22N4O2. The number of aryl methyl sites for hydroxylation is 1. The number of carbonyl (C=O) groups is 1. The summed E-state index contributed by atoms with van der Waals surface area (Å²) < 4.78 is 0. The zero-order chi connectivity index (χ0) is 14.5. The molecule has 0 saturated carbocycles. The summed E-state index contributed by atoms with van der Waals surface area (Å²) in [6.07, 6.45) is 0.727. The highest BCUT2D eigenvalue weighted by atomic mass is 16.4. The summed E-state index contributed by atoms with van der Waals surface area (Å²) in [5.41, 5.74) is -0.0681. The number of carboxylic acid groups (broad SMARTS) is 1. The van der Waals surface area contributed by atoms with Crippen LogP contribution in [0.1, 0.15) is 39.4 Å². The second kappa shape index (κ2) is 6.36. The molecule has 1 aromatic rings. The van der Waals surface area contributed by atoms with E-state index in [4.69, 9.17) is 5.11 Å². The summed E-state index contributed by atoms with van der Waals surface area (Å²) in [4.78, 5) is 19.0. The maximum absolute atomic E-state index is 10.4. The van der Waals surface area contributed by atoms with Crippen LogP contribution < -0.4 is 10.6 Å². The lowest BCUT2D eigenvalue weighted by Gasteiger charge is -2.21. The zero-order valence-corrected chi connectivity index (χ0v) is 11.9. The molecule has 1 aromatic heterocycles. The van der Waals surface area contributed by atoms with Crippen LogP contribution >= 0.6 is 0 Å². The molecule has 0 unspecified atom stereocenters. The van der Waals surface area contributed by atoms with Crippen molar-refractivity contribution in [2.24, 2.45) is 0 Å². The molecule has 0 aliphatic rings. The molecule has 106 valence electrons. The lowest BCUT2D eigenvalue weighted by Crippen LogP contribution is -2.27. The van der Waals surface area contributed by atoms with Crippen molar-refractivity contribution in [3.63, 3.8) is 0 Å². The van der Waals surface area contributed by atoms with Crippen LogP contribution in [0.15, 0.2) is 6.07 Å². The van der Waals surface area contributed by atoms with Crippen LogP contribution in [0.2, 0.25) is 0 Å². The molecule has 0 aromatic carbocycles. The summed E-state index contributed by atoms with van der Waals surface area (Å²) in [5, 5.41) is 15.0. The first-order chi connectivity index (χ1) is 8.76. The Hall–Kier alpha value is -1.85. The van der Waals surface area contributed by atoms with E-state index in [1.165, 1.54) is 0 Å². The number of nitrogens with one attached hydrogen (secondary N) is 2. The van der Waals surface area contributed by atoms with Crippen molar-refractivity contribution in [3.05, 3.63) is 11.9 Å². The van der Waals surface area contributed by atoms with Gasteiger partial charge in [-0.25, -0.2) is 9.97 Å². The quantitative estimate of drug-likeness (QED) is 0.685. The predicted molar refractivity (Wildman–Crippen MR) is 75.5 cm³/mol. The van der Waals surface area contributed by atoms with Gasteiger partial charge >= 0.3 is 5.97 Å². The van der Waals surface area contributed by atoms with E-state index in [1.807, 2.05) is 13.0 Å². The fourth-order valence-corrected chi connectivity index (χ4v) is 1.56. The van der Waals surface area contributed by atoms with Crippen LogP contribution in [-0.2, 0) is 4.79 Å². The molecule has 6 heteroatoms. The van der Waals surface area contributed by atoms with Crippen molar-refractivity contribution in [1.82, 2.24) is 9.97 Å². The highest BCUT2D eigenvalue weighted by molar-refractivity contribution is 5.66. The summed E-state index contributed by atoms with van der Waals surface area (Å²) in [6.45, 7) is 8.59. The maximum Gasteiger partial charge on any atom is 0.303 e. The van der Waals surface area contributed by atoms with Gasteiger partial charge in [0, 0.05) is 24.6 Å². The zero-order valence-electron chi connectivity index (χ0n) is 11.9.